The number of carbonyl (C=O) groups excluding carboxylic acids is 3. The second kappa shape index (κ2) is 6.35. The first-order valence-electron chi connectivity index (χ1n) is 8.35. The Morgan fingerprint density at radius 1 is 1.24 bits per heavy atom. The van der Waals surface area contributed by atoms with Gasteiger partial charge in [0.25, 0.3) is 0 Å². The summed E-state index contributed by atoms with van der Waals surface area (Å²) in [5.41, 5.74) is -0.304. The normalized spacial score (nSPS) is 29.4. The number of esters is 1. The van der Waals surface area contributed by atoms with Crippen LogP contribution in [0.3, 0.4) is 0 Å². The molecule has 0 aliphatic heterocycles. The van der Waals surface area contributed by atoms with Crippen LogP contribution in [0.1, 0.15) is 30.6 Å². The van der Waals surface area contributed by atoms with Gasteiger partial charge in [-0.25, -0.2) is 4.79 Å². The minimum absolute atomic E-state index is 0.0910. The van der Waals surface area contributed by atoms with Gasteiger partial charge in [0.15, 0.2) is 0 Å². The number of amides is 1. The Kier molecular flexibility index (Phi) is 4.37. The summed E-state index contributed by atoms with van der Waals surface area (Å²) in [5, 5.41) is 14.4. The summed E-state index contributed by atoms with van der Waals surface area (Å²) in [6, 6.07) is 6.33. The van der Waals surface area contributed by atoms with Crippen LogP contribution in [-0.2, 0) is 14.3 Å². The van der Waals surface area contributed by atoms with Gasteiger partial charge in [-0.15, -0.1) is 0 Å². The lowest BCUT2D eigenvalue weighted by molar-refractivity contribution is -0.321. The topological polar surface area (TPSA) is 95.5 Å². The van der Waals surface area contributed by atoms with Crippen LogP contribution in [0.2, 0.25) is 0 Å². The number of benzene rings is 1. The molecule has 4 atom stereocenters. The van der Waals surface area contributed by atoms with E-state index in [2.05, 4.69) is 5.32 Å². The first-order chi connectivity index (χ1) is 11.9. The van der Waals surface area contributed by atoms with E-state index < -0.39 is 23.3 Å². The summed E-state index contributed by atoms with van der Waals surface area (Å²) in [7, 11) is 0. The number of rotatable bonds is 5. The molecule has 2 aliphatic carbocycles. The van der Waals surface area contributed by atoms with E-state index >= 15 is 0 Å². The van der Waals surface area contributed by atoms with Crippen molar-refractivity contribution < 1.29 is 24.2 Å². The molecule has 132 valence electrons. The Morgan fingerprint density at radius 3 is 2.52 bits per heavy atom. The Balaban J connectivity index is 1.75. The lowest BCUT2D eigenvalue weighted by Gasteiger charge is -2.38. The second-order valence-electron chi connectivity index (χ2n) is 6.73. The molecule has 25 heavy (non-hydrogen) atoms. The average Bonchev–Trinajstić information content (AvgIpc) is 3.15. The maximum Gasteiger partial charge on any atom is 0.338 e. The highest BCUT2D eigenvalue weighted by Gasteiger charge is 2.57. The van der Waals surface area contributed by atoms with Crippen LogP contribution >= 0.6 is 0 Å². The van der Waals surface area contributed by atoms with Gasteiger partial charge in [0, 0.05) is 17.1 Å². The standard InChI is InChI=1S/C19H21NO5/c1-3-25-17(22)11-5-8-14(9-6-11)20-16(21)15-12-4-7-13(10-12)19(15,2)18(23)24/h4-9,12-13,15H,3,10H2,1-2H3,(H,20,21)(H,23,24)/p-1/t12-,13+,15-,19-/m1/s1. The number of carboxylic acids is 1. The summed E-state index contributed by atoms with van der Waals surface area (Å²) in [6.07, 6.45) is 4.45. The van der Waals surface area contributed by atoms with Crippen molar-refractivity contribution in [3.8, 4) is 0 Å². The smallest absolute Gasteiger partial charge is 0.338 e. The number of hydrogen-bond acceptors (Lipinski definition) is 5. The number of carboxylic acid groups (broad SMARTS) is 1. The van der Waals surface area contributed by atoms with E-state index in [1.54, 1.807) is 38.1 Å². The molecule has 1 aromatic rings. The Hall–Kier alpha value is -2.63. The molecule has 0 aromatic heterocycles. The zero-order valence-corrected chi connectivity index (χ0v) is 14.2. The van der Waals surface area contributed by atoms with Crippen LogP contribution in [0.5, 0.6) is 0 Å². The zero-order valence-electron chi connectivity index (χ0n) is 14.2. The maximum atomic E-state index is 12.7. The average molecular weight is 342 g/mol. The first kappa shape index (κ1) is 17.2. The zero-order chi connectivity index (χ0) is 18.2. The molecule has 2 bridgehead atoms. The highest BCUT2D eigenvalue weighted by molar-refractivity contribution is 5.98. The number of hydrogen-bond donors (Lipinski definition) is 1. The van der Waals surface area contributed by atoms with Crippen LogP contribution in [-0.4, -0.2) is 24.5 Å². The fourth-order valence-electron chi connectivity index (χ4n) is 3.96. The number of fused-ring (bicyclic) bond motifs is 2. The van der Waals surface area contributed by atoms with Crippen molar-refractivity contribution >= 4 is 23.5 Å². The molecule has 1 saturated carbocycles. The minimum Gasteiger partial charge on any atom is -0.550 e. The van der Waals surface area contributed by atoms with E-state index in [-0.39, 0.29) is 24.3 Å². The fraction of sp³-hybridized carbons (Fsp3) is 0.421. The number of allylic oxidation sites excluding steroid dienone is 2. The Bertz CT molecular complexity index is 739. The molecule has 0 spiro atoms. The molecular weight excluding hydrogens is 322 g/mol. The lowest BCUT2D eigenvalue weighted by atomic mass is 9.69. The Morgan fingerprint density at radius 2 is 1.92 bits per heavy atom. The monoisotopic (exact) mass is 342 g/mol. The van der Waals surface area contributed by atoms with Crippen molar-refractivity contribution in [2.75, 3.05) is 11.9 Å². The van der Waals surface area contributed by atoms with E-state index in [0.717, 1.165) is 0 Å². The van der Waals surface area contributed by atoms with Gasteiger partial charge < -0.3 is 20.0 Å². The summed E-state index contributed by atoms with van der Waals surface area (Å²) in [4.78, 5) is 36.0. The number of aliphatic carboxylic acids is 1. The third kappa shape index (κ3) is 2.81. The predicted octanol–water partition coefficient (Wildman–Crippen LogP) is 1.38. The molecule has 6 heteroatoms. The molecule has 1 aromatic carbocycles. The Labute approximate surface area is 145 Å². The third-order valence-electron chi connectivity index (χ3n) is 5.35. The molecule has 2 aliphatic rings. The first-order valence-corrected chi connectivity index (χ1v) is 8.35. The second-order valence-corrected chi connectivity index (χ2v) is 6.73. The third-order valence-corrected chi connectivity index (χ3v) is 5.35. The number of anilines is 1. The van der Waals surface area contributed by atoms with Crippen molar-refractivity contribution in [2.45, 2.75) is 20.3 Å². The number of ether oxygens (including phenoxy) is 1. The molecule has 0 saturated heterocycles. The van der Waals surface area contributed by atoms with Crippen LogP contribution in [0.4, 0.5) is 5.69 Å². The van der Waals surface area contributed by atoms with E-state index in [4.69, 9.17) is 4.74 Å². The summed E-state index contributed by atoms with van der Waals surface area (Å²) >= 11 is 0. The van der Waals surface area contributed by atoms with E-state index in [0.29, 0.717) is 17.7 Å². The van der Waals surface area contributed by atoms with E-state index in [1.165, 1.54) is 0 Å². The molecular formula is C19H20NO5-. The van der Waals surface area contributed by atoms with Crippen LogP contribution < -0.4 is 10.4 Å². The highest BCUT2D eigenvalue weighted by Crippen LogP contribution is 2.56. The van der Waals surface area contributed by atoms with Crippen LogP contribution in [0, 0.1) is 23.2 Å². The van der Waals surface area contributed by atoms with Gasteiger partial charge in [0.2, 0.25) is 5.91 Å². The fourth-order valence-corrected chi connectivity index (χ4v) is 3.96. The number of carbonyl (C=O) groups is 3. The number of nitrogens with one attached hydrogen (secondary N) is 1. The molecule has 3 rings (SSSR count). The van der Waals surface area contributed by atoms with Crippen molar-refractivity contribution in [1.82, 2.24) is 0 Å². The molecule has 1 fully saturated rings. The van der Waals surface area contributed by atoms with Gasteiger partial charge in [0.1, 0.15) is 0 Å². The van der Waals surface area contributed by atoms with Crippen LogP contribution in [0.15, 0.2) is 36.4 Å². The molecule has 0 unspecified atom stereocenters. The largest absolute Gasteiger partial charge is 0.550 e. The SMILES string of the molecule is CCOC(=O)c1ccc(NC(=O)[C@H]2[C@@H]3C=C[C@@H](C3)[C@@]2(C)C(=O)[O-])cc1. The van der Waals surface area contributed by atoms with Gasteiger partial charge >= 0.3 is 5.97 Å². The minimum atomic E-state index is -1.20. The molecule has 1 N–H and O–H groups in total. The molecule has 0 radical (unpaired) electrons. The summed E-state index contributed by atoms with van der Waals surface area (Å²) in [5.74, 6) is -2.90. The van der Waals surface area contributed by atoms with E-state index in [1.807, 2.05) is 12.2 Å². The lowest BCUT2D eigenvalue weighted by Crippen LogP contribution is -2.51. The van der Waals surface area contributed by atoms with Gasteiger partial charge in [-0.2, -0.15) is 0 Å². The maximum absolute atomic E-state index is 12.7. The molecule has 6 nitrogen and oxygen atoms in total. The summed E-state index contributed by atoms with van der Waals surface area (Å²) in [6.45, 7) is 3.60. The molecule has 0 heterocycles. The van der Waals surface area contributed by atoms with E-state index in [9.17, 15) is 19.5 Å². The predicted molar refractivity (Wildman–Crippen MR) is 88.4 cm³/mol. The highest BCUT2D eigenvalue weighted by atomic mass is 16.5. The molecule has 1 amide bonds. The van der Waals surface area contributed by atoms with Crippen molar-refractivity contribution in [3.63, 3.8) is 0 Å². The van der Waals surface area contributed by atoms with Gasteiger partial charge in [-0.3, -0.25) is 4.79 Å². The van der Waals surface area contributed by atoms with Gasteiger partial charge in [0.05, 0.1) is 18.1 Å². The van der Waals surface area contributed by atoms with Gasteiger partial charge in [-0.1, -0.05) is 19.1 Å². The van der Waals surface area contributed by atoms with Crippen LogP contribution in [0.25, 0.3) is 0 Å². The van der Waals surface area contributed by atoms with Gasteiger partial charge in [-0.05, 0) is 49.4 Å². The van der Waals surface area contributed by atoms with Crippen molar-refractivity contribution in [3.05, 3.63) is 42.0 Å². The quantitative estimate of drug-likeness (QED) is 0.644. The van der Waals surface area contributed by atoms with Crippen molar-refractivity contribution in [1.29, 1.82) is 0 Å². The van der Waals surface area contributed by atoms with Crippen molar-refractivity contribution in [2.24, 2.45) is 23.2 Å². The summed E-state index contributed by atoms with van der Waals surface area (Å²) < 4.78 is 4.91.